The van der Waals surface area contributed by atoms with Gasteiger partial charge in [-0.1, -0.05) is 28.1 Å². The molecule has 0 aliphatic heterocycles. The van der Waals surface area contributed by atoms with Crippen molar-refractivity contribution in [2.75, 3.05) is 6.61 Å². The monoisotopic (exact) mass is 317 g/mol. The van der Waals surface area contributed by atoms with Crippen LogP contribution >= 0.6 is 15.9 Å². The standard InChI is InChI=1S/C14H12BrN3O/c1-2-19-12-7-6-11-14(17-12)18-13(16-11)9-4-3-5-10(15)8-9/h3-8H,2H2,1H3,(H,16,17,18). The van der Waals surface area contributed by atoms with Crippen LogP contribution in [0.1, 0.15) is 6.92 Å². The second-order valence-corrected chi connectivity index (χ2v) is 4.97. The van der Waals surface area contributed by atoms with Crippen molar-refractivity contribution in [2.24, 2.45) is 0 Å². The van der Waals surface area contributed by atoms with E-state index in [2.05, 4.69) is 30.9 Å². The number of rotatable bonds is 3. The van der Waals surface area contributed by atoms with Gasteiger partial charge in [0.25, 0.3) is 0 Å². The number of benzene rings is 1. The first-order valence-electron chi connectivity index (χ1n) is 6.02. The molecule has 3 aromatic rings. The summed E-state index contributed by atoms with van der Waals surface area (Å²) in [6.45, 7) is 2.53. The minimum absolute atomic E-state index is 0.599. The summed E-state index contributed by atoms with van der Waals surface area (Å²) in [7, 11) is 0. The number of hydrogen-bond donors (Lipinski definition) is 1. The van der Waals surface area contributed by atoms with Crippen LogP contribution in [0.5, 0.6) is 5.88 Å². The van der Waals surface area contributed by atoms with Crippen molar-refractivity contribution >= 4 is 27.1 Å². The molecule has 1 N–H and O–H groups in total. The first-order valence-corrected chi connectivity index (χ1v) is 6.81. The van der Waals surface area contributed by atoms with E-state index < -0.39 is 0 Å². The van der Waals surface area contributed by atoms with Gasteiger partial charge in [-0.25, -0.2) is 4.98 Å². The van der Waals surface area contributed by atoms with E-state index in [4.69, 9.17) is 4.74 Å². The third-order valence-corrected chi connectivity index (χ3v) is 3.20. The zero-order valence-corrected chi connectivity index (χ0v) is 11.9. The van der Waals surface area contributed by atoms with Crippen molar-refractivity contribution in [2.45, 2.75) is 6.92 Å². The van der Waals surface area contributed by atoms with Gasteiger partial charge < -0.3 is 9.72 Å². The normalized spacial score (nSPS) is 10.8. The van der Waals surface area contributed by atoms with Gasteiger partial charge in [-0.05, 0) is 25.1 Å². The van der Waals surface area contributed by atoms with E-state index >= 15 is 0 Å². The van der Waals surface area contributed by atoms with Crippen molar-refractivity contribution in [1.29, 1.82) is 0 Å². The second kappa shape index (κ2) is 5.01. The number of hydrogen-bond acceptors (Lipinski definition) is 3. The van der Waals surface area contributed by atoms with Crippen LogP contribution in [-0.4, -0.2) is 21.6 Å². The highest BCUT2D eigenvalue weighted by Gasteiger charge is 2.07. The summed E-state index contributed by atoms with van der Waals surface area (Å²) in [4.78, 5) is 12.1. The summed E-state index contributed by atoms with van der Waals surface area (Å²) in [5.41, 5.74) is 2.59. The lowest BCUT2D eigenvalue weighted by Crippen LogP contribution is -1.93. The predicted molar refractivity (Wildman–Crippen MR) is 78.2 cm³/mol. The van der Waals surface area contributed by atoms with Crippen LogP contribution in [0.3, 0.4) is 0 Å². The van der Waals surface area contributed by atoms with Gasteiger partial charge in [-0.15, -0.1) is 0 Å². The number of pyridine rings is 1. The molecule has 4 nitrogen and oxygen atoms in total. The molecule has 0 bridgehead atoms. The lowest BCUT2D eigenvalue weighted by Gasteiger charge is -1.99. The Morgan fingerprint density at radius 1 is 1.21 bits per heavy atom. The van der Waals surface area contributed by atoms with Crippen molar-refractivity contribution in [3.63, 3.8) is 0 Å². The van der Waals surface area contributed by atoms with E-state index in [9.17, 15) is 0 Å². The highest BCUT2D eigenvalue weighted by molar-refractivity contribution is 9.10. The Hall–Kier alpha value is -1.88. The summed E-state index contributed by atoms with van der Waals surface area (Å²) < 4.78 is 6.40. The molecule has 0 saturated carbocycles. The molecule has 0 spiro atoms. The smallest absolute Gasteiger partial charge is 0.215 e. The minimum atomic E-state index is 0.599. The van der Waals surface area contributed by atoms with Gasteiger partial charge in [0.2, 0.25) is 5.88 Å². The number of nitrogens with zero attached hydrogens (tertiary/aromatic N) is 2. The molecule has 96 valence electrons. The number of nitrogens with one attached hydrogen (secondary N) is 1. The minimum Gasteiger partial charge on any atom is -0.478 e. The van der Waals surface area contributed by atoms with Crippen LogP contribution in [0.25, 0.3) is 22.6 Å². The molecule has 0 amide bonds. The largest absolute Gasteiger partial charge is 0.478 e. The zero-order valence-electron chi connectivity index (χ0n) is 10.4. The number of aromatic nitrogens is 3. The summed E-state index contributed by atoms with van der Waals surface area (Å²) in [5.74, 6) is 1.40. The van der Waals surface area contributed by atoms with Gasteiger partial charge >= 0.3 is 0 Å². The molecule has 5 heteroatoms. The van der Waals surface area contributed by atoms with E-state index in [-0.39, 0.29) is 0 Å². The molecule has 0 aliphatic rings. The van der Waals surface area contributed by atoms with E-state index in [1.54, 1.807) is 0 Å². The third kappa shape index (κ3) is 2.46. The van der Waals surface area contributed by atoms with Gasteiger partial charge in [-0.3, -0.25) is 0 Å². The van der Waals surface area contributed by atoms with Crippen LogP contribution in [0.4, 0.5) is 0 Å². The number of imidazole rings is 1. The van der Waals surface area contributed by atoms with Crippen LogP contribution in [0, 0.1) is 0 Å². The van der Waals surface area contributed by atoms with Gasteiger partial charge in [0, 0.05) is 16.1 Å². The first-order chi connectivity index (χ1) is 9.26. The molecule has 0 aliphatic carbocycles. The van der Waals surface area contributed by atoms with E-state index in [1.807, 2.05) is 43.3 Å². The highest BCUT2D eigenvalue weighted by atomic mass is 79.9. The Kier molecular flexibility index (Phi) is 3.21. The van der Waals surface area contributed by atoms with Crippen molar-refractivity contribution < 1.29 is 4.74 Å². The lowest BCUT2D eigenvalue weighted by atomic mass is 10.2. The summed E-state index contributed by atoms with van der Waals surface area (Å²) in [5, 5.41) is 0. The van der Waals surface area contributed by atoms with E-state index in [1.165, 1.54) is 0 Å². The third-order valence-electron chi connectivity index (χ3n) is 2.71. The number of H-pyrrole nitrogens is 1. The van der Waals surface area contributed by atoms with Crippen LogP contribution in [-0.2, 0) is 0 Å². The topological polar surface area (TPSA) is 50.8 Å². The molecule has 3 rings (SSSR count). The summed E-state index contributed by atoms with van der Waals surface area (Å²) in [6.07, 6.45) is 0. The molecule has 0 saturated heterocycles. The van der Waals surface area contributed by atoms with Crippen LogP contribution < -0.4 is 4.74 Å². The maximum Gasteiger partial charge on any atom is 0.215 e. The number of halogens is 1. The van der Waals surface area contributed by atoms with Crippen molar-refractivity contribution in [3.8, 4) is 17.3 Å². The maximum atomic E-state index is 5.38. The number of ether oxygens (including phenoxy) is 1. The molecule has 1 aromatic carbocycles. The summed E-state index contributed by atoms with van der Waals surface area (Å²) >= 11 is 3.46. The molecule has 2 aromatic heterocycles. The molecular formula is C14H12BrN3O. The van der Waals surface area contributed by atoms with Gasteiger partial charge in [0.1, 0.15) is 5.82 Å². The molecule has 0 atom stereocenters. The van der Waals surface area contributed by atoms with Crippen LogP contribution in [0.15, 0.2) is 40.9 Å². The quantitative estimate of drug-likeness (QED) is 0.799. The van der Waals surface area contributed by atoms with E-state index in [0.29, 0.717) is 18.1 Å². The molecule has 19 heavy (non-hydrogen) atoms. The highest BCUT2D eigenvalue weighted by Crippen LogP contribution is 2.23. The Labute approximate surface area is 119 Å². The molecule has 0 unspecified atom stereocenters. The van der Waals surface area contributed by atoms with Crippen molar-refractivity contribution in [3.05, 3.63) is 40.9 Å². The number of fused-ring (bicyclic) bond motifs is 1. The predicted octanol–water partition coefficient (Wildman–Crippen LogP) is 3.79. The second-order valence-electron chi connectivity index (χ2n) is 4.05. The average molecular weight is 318 g/mol. The number of aromatic amines is 1. The first kappa shape index (κ1) is 12.2. The Bertz CT molecular complexity index is 724. The average Bonchev–Trinajstić information content (AvgIpc) is 2.82. The fraction of sp³-hybridized carbons (Fsp3) is 0.143. The van der Waals surface area contributed by atoms with Crippen molar-refractivity contribution in [1.82, 2.24) is 15.0 Å². The Balaban J connectivity index is 2.06. The summed E-state index contributed by atoms with van der Waals surface area (Å²) in [6, 6.07) is 11.8. The fourth-order valence-corrected chi connectivity index (χ4v) is 2.28. The van der Waals surface area contributed by atoms with Gasteiger partial charge in [0.05, 0.1) is 12.1 Å². The Morgan fingerprint density at radius 3 is 2.89 bits per heavy atom. The van der Waals surface area contributed by atoms with Crippen LogP contribution in [0.2, 0.25) is 0 Å². The molecule has 0 fully saturated rings. The zero-order chi connectivity index (χ0) is 13.2. The van der Waals surface area contributed by atoms with Gasteiger partial charge in [0.15, 0.2) is 5.65 Å². The lowest BCUT2D eigenvalue weighted by molar-refractivity contribution is 0.328. The molecular weight excluding hydrogens is 306 g/mol. The van der Waals surface area contributed by atoms with E-state index in [0.717, 1.165) is 21.4 Å². The molecule has 0 radical (unpaired) electrons. The van der Waals surface area contributed by atoms with Gasteiger partial charge in [-0.2, -0.15) is 4.98 Å². The maximum absolute atomic E-state index is 5.38. The Morgan fingerprint density at radius 2 is 2.11 bits per heavy atom. The molecule has 2 heterocycles. The SMILES string of the molecule is CCOc1ccc2[nH]c(-c3cccc(Br)c3)nc2n1. The fourth-order valence-electron chi connectivity index (χ4n) is 1.88.